The van der Waals surface area contributed by atoms with Gasteiger partial charge in [0, 0.05) is 37.1 Å². The van der Waals surface area contributed by atoms with Crippen LogP contribution in [0.4, 0.5) is 8.78 Å². The number of nitrogens with two attached hydrogens (primary N) is 1. The van der Waals surface area contributed by atoms with Gasteiger partial charge in [-0.1, -0.05) is 11.6 Å². The second-order valence-electron chi connectivity index (χ2n) is 7.80. The second kappa shape index (κ2) is 10.2. The number of pyridine rings is 1. The highest BCUT2D eigenvalue weighted by Crippen LogP contribution is 2.32. The highest BCUT2D eigenvalue weighted by Gasteiger charge is 2.41. The Hall–Kier alpha value is -3.61. The fourth-order valence-electron chi connectivity index (χ4n) is 3.68. The van der Waals surface area contributed by atoms with E-state index in [2.05, 4.69) is 4.98 Å². The van der Waals surface area contributed by atoms with Crippen molar-refractivity contribution >= 4 is 33.4 Å². The summed E-state index contributed by atoms with van der Waals surface area (Å²) in [6.45, 7) is -0.751. The Labute approximate surface area is 210 Å². The molecule has 36 heavy (non-hydrogen) atoms. The Balaban J connectivity index is 1.59. The zero-order chi connectivity index (χ0) is 26.0. The molecule has 4 rings (SSSR count). The van der Waals surface area contributed by atoms with Crippen LogP contribution in [-0.2, 0) is 14.8 Å². The molecule has 1 aliphatic rings. The lowest BCUT2D eigenvalue weighted by Gasteiger charge is -2.38. The molecule has 1 fully saturated rings. The van der Waals surface area contributed by atoms with Crippen LogP contribution >= 0.6 is 11.6 Å². The number of nitrogens with zero attached hydrogens (tertiary/aromatic N) is 3. The van der Waals surface area contributed by atoms with E-state index in [1.54, 1.807) is 6.07 Å². The predicted octanol–water partition coefficient (Wildman–Crippen LogP) is 2.81. The number of aromatic nitrogens is 1. The maximum atomic E-state index is 14.8. The van der Waals surface area contributed by atoms with E-state index in [4.69, 9.17) is 22.1 Å². The van der Waals surface area contributed by atoms with Gasteiger partial charge in [0.2, 0.25) is 15.9 Å². The number of amides is 2. The molecule has 1 saturated heterocycles. The third-order valence-electron chi connectivity index (χ3n) is 5.47. The van der Waals surface area contributed by atoms with Gasteiger partial charge in [-0.2, -0.15) is 4.31 Å². The van der Waals surface area contributed by atoms with Crippen LogP contribution in [0.3, 0.4) is 0 Å². The Morgan fingerprint density at radius 3 is 2.33 bits per heavy atom. The molecule has 0 bridgehead atoms. The van der Waals surface area contributed by atoms with Crippen LogP contribution in [0.1, 0.15) is 10.4 Å². The Kier molecular flexibility index (Phi) is 7.20. The van der Waals surface area contributed by atoms with Crippen LogP contribution in [0.25, 0.3) is 0 Å². The standard InChI is InChI=1S/C23H19ClF2N4O5S/c24-15-3-5-16(6-4-15)35-21-18(25)10-17(11-19(21)26)36(33,34)30-9-8-29(13-20(30)22(27)31)23(32)14-2-1-7-28-12-14/h1-7,10-12,20H,8-9,13H2,(H2,27,31)/t20-/m1/s1. The number of carbonyl (C=O) groups excluding carboxylic acids is 2. The van der Waals surface area contributed by atoms with Gasteiger partial charge in [-0.05, 0) is 48.5 Å². The lowest BCUT2D eigenvalue weighted by Crippen LogP contribution is -2.60. The molecule has 0 spiro atoms. The molecule has 2 heterocycles. The summed E-state index contributed by atoms with van der Waals surface area (Å²) in [4.78, 5) is 29.3. The smallest absolute Gasteiger partial charge is 0.255 e. The Morgan fingerprint density at radius 1 is 1.08 bits per heavy atom. The molecule has 1 aromatic heterocycles. The minimum atomic E-state index is -4.58. The van der Waals surface area contributed by atoms with Crippen molar-refractivity contribution in [2.24, 2.45) is 5.73 Å². The predicted molar refractivity (Wildman–Crippen MR) is 125 cm³/mol. The number of sulfonamides is 1. The van der Waals surface area contributed by atoms with Crippen LogP contribution in [-0.4, -0.2) is 60.1 Å². The number of primary amides is 1. The lowest BCUT2D eigenvalue weighted by atomic mass is 10.1. The molecule has 1 atom stereocenters. The monoisotopic (exact) mass is 536 g/mol. The van der Waals surface area contributed by atoms with Gasteiger partial charge in [0.15, 0.2) is 17.4 Å². The number of hydrogen-bond donors (Lipinski definition) is 1. The molecular weight excluding hydrogens is 518 g/mol. The highest BCUT2D eigenvalue weighted by molar-refractivity contribution is 7.89. The van der Waals surface area contributed by atoms with Crippen LogP contribution in [0.15, 0.2) is 65.8 Å². The van der Waals surface area contributed by atoms with E-state index >= 15 is 0 Å². The number of benzene rings is 2. The highest BCUT2D eigenvalue weighted by atomic mass is 35.5. The van der Waals surface area contributed by atoms with Crippen molar-refractivity contribution < 1.29 is 31.5 Å². The molecule has 1 aliphatic heterocycles. The van der Waals surface area contributed by atoms with Crippen molar-refractivity contribution in [3.05, 3.63) is 83.1 Å². The number of hydrogen-bond acceptors (Lipinski definition) is 6. The van der Waals surface area contributed by atoms with Crippen LogP contribution < -0.4 is 10.5 Å². The molecule has 0 aliphatic carbocycles. The first-order chi connectivity index (χ1) is 17.1. The number of ether oxygens (including phenoxy) is 1. The fraction of sp³-hybridized carbons (Fsp3) is 0.174. The van der Waals surface area contributed by atoms with E-state index in [1.165, 1.54) is 47.6 Å². The van der Waals surface area contributed by atoms with Gasteiger partial charge < -0.3 is 15.4 Å². The lowest BCUT2D eigenvalue weighted by molar-refractivity contribution is -0.122. The topological polar surface area (TPSA) is 123 Å². The summed E-state index contributed by atoms with van der Waals surface area (Å²) in [5, 5.41) is 0.385. The van der Waals surface area contributed by atoms with Crippen LogP contribution in [0, 0.1) is 11.6 Å². The van der Waals surface area contributed by atoms with E-state index in [1.807, 2.05) is 0 Å². The van der Waals surface area contributed by atoms with Crippen LogP contribution in [0.5, 0.6) is 11.5 Å². The molecule has 2 amide bonds. The molecular formula is C23H19ClF2N4O5S. The normalized spacial score (nSPS) is 16.5. The van der Waals surface area contributed by atoms with Gasteiger partial charge in [-0.25, -0.2) is 17.2 Å². The first-order valence-electron chi connectivity index (χ1n) is 10.5. The number of carbonyl (C=O) groups is 2. The van der Waals surface area contributed by atoms with Crippen molar-refractivity contribution in [2.45, 2.75) is 10.9 Å². The van der Waals surface area contributed by atoms with Gasteiger partial charge in [-0.15, -0.1) is 0 Å². The summed E-state index contributed by atoms with van der Waals surface area (Å²) in [5.74, 6) is -4.77. The molecule has 0 radical (unpaired) electrons. The van der Waals surface area contributed by atoms with Gasteiger partial charge in [0.05, 0.1) is 10.5 Å². The van der Waals surface area contributed by atoms with Crippen molar-refractivity contribution in [1.29, 1.82) is 0 Å². The van der Waals surface area contributed by atoms with E-state index < -0.39 is 50.2 Å². The SMILES string of the molecule is NC(=O)[C@H]1CN(C(=O)c2cccnc2)CCN1S(=O)(=O)c1cc(F)c(Oc2ccc(Cl)cc2)c(F)c1. The van der Waals surface area contributed by atoms with Gasteiger partial charge in [0.1, 0.15) is 11.8 Å². The van der Waals surface area contributed by atoms with E-state index in [0.717, 1.165) is 4.31 Å². The maximum absolute atomic E-state index is 14.8. The minimum absolute atomic E-state index is 0.0796. The molecule has 13 heteroatoms. The first-order valence-corrected chi connectivity index (χ1v) is 12.3. The van der Waals surface area contributed by atoms with Gasteiger partial charge >= 0.3 is 0 Å². The summed E-state index contributed by atoms with van der Waals surface area (Å²) < 4.78 is 62.0. The quantitative estimate of drug-likeness (QED) is 0.517. The number of piperazine rings is 1. The summed E-state index contributed by atoms with van der Waals surface area (Å²) in [7, 11) is -4.58. The largest absolute Gasteiger partial charge is 0.451 e. The molecule has 3 aromatic rings. The summed E-state index contributed by atoms with van der Waals surface area (Å²) in [5.41, 5.74) is 5.69. The third-order valence-corrected chi connectivity index (χ3v) is 7.61. The molecule has 0 unspecified atom stereocenters. The Bertz CT molecular complexity index is 1380. The van der Waals surface area contributed by atoms with Crippen molar-refractivity contribution in [3.63, 3.8) is 0 Å². The summed E-state index contributed by atoms with van der Waals surface area (Å²) >= 11 is 5.78. The van der Waals surface area contributed by atoms with Crippen molar-refractivity contribution in [3.8, 4) is 11.5 Å². The first kappa shape index (κ1) is 25.5. The Morgan fingerprint density at radius 2 is 1.75 bits per heavy atom. The molecule has 9 nitrogen and oxygen atoms in total. The molecule has 2 aromatic carbocycles. The third kappa shape index (κ3) is 5.15. The molecule has 0 saturated carbocycles. The summed E-state index contributed by atoms with van der Waals surface area (Å²) in [6, 6.07) is 8.48. The van der Waals surface area contributed by atoms with Crippen molar-refractivity contribution in [2.75, 3.05) is 19.6 Å². The van der Waals surface area contributed by atoms with Gasteiger partial charge in [-0.3, -0.25) is 14.6 Å². The minimum Gasteiger partial charge on any atom is -0.451 e. The second-order valence-corrected chi connectivity index (χ2v) is 10.1. The maximum Gasteiger partial charge on any atom is 0.255 e. The zero-order valence-corrected chi connectivity index (χ0v) is 20.0. The number of halogens is 3. The van der Waals surface area contributed by atoms with E-state index in [-0.39, 0.29) is 30.9 Å². The van der Waals surface area contributed by atoms with E-state index in [9.17, 15) is 26.8 Å². The molecule has 2 N–H and O–H groups in total. The molecule has 188 valence electrons. The average molecular weight is 537 g/mol. The summed E-state index contributed by atoms with van der Waals surface area (Å²) in [6.07, 6.45) is 2.82. The number of rotatable bonds is 6. The average Bonchev–Trinajstić information content (AvgIpc) is 2.86. The van der Waals surface area contributed by atoms with E-state index in [0.29, 0.717) is 17.2 Å². The van der Waals surface area contributed by atoms with Gasteiger partial charge in [0.25, 0.3) is 5.91 Å². The fourth-order valence-corrected chi connectivity index (χ4v) is 5.41. The zero-order valence-electron chi connectivity index (χ0n) is 18.5. The van der Waals surface area contributed by atoms with Crippen LogP contribution in [0.2, 0.25) is 5.02 Å². The van der Waals surface area contributed by atoms with Crippen molar-refractivity contribution in [1.82, 2.24) is 14.2 Å².